The Balaban J connectivity index is 2.33. The maximum Gasteiger partial charge on any atom is 0.0790 e. The lowest BCUT2D eigenvalue weighted by Crippen LogP contribution is -2.35. The van der Waals surface area contributed by atoms with Crippen LogP contribution in [0.2, 0.25) is 10.0 Å². The van der Waals surface area contributed by atoms with E-state index in [9.17, 15) is 0 Å². The highest BCUT2D eigenvalue weighted by atomic mass is 35.5. The van der Waals surface area contributed by atoms with Gasteiger partial charge in [0.05, 0.1) is 16.9 Å². The molecule has 0 atom stereocenters. The van der Waals surface area contributed by atoms with E-state index >= 15 is 0 Å². The molecule has 19 heavy (non-hydrogen) atoms. The van der Waals surface area contributed by atoms with Crippen molar-refractivity contribution < 1.29 is 0 Å². The Hall–Kier alpha value is -1.03. The highest BCUT2D eigenvalue weighted by molar-refractivity contribution is 6.30. The highest BCUT2D eigenvalue weighted by Crippen LogP contribution is 2.21. The number of halogens is 2. The first-order valence-electron chi connectivity index (χ1n) is 6.09. The Morgan fingerprint density at radius 3 is 2.53 bits per heavy atom. The zero-order valence-corrected chi connectivity index (χ0v) is 12.8. The molecule has 3 nitrogen and oxygen atoms in total. The van der Waals surface area contributed by atoms with Gasteiger partial charge in [0.2, 0.25) is 0 Å². The molecule has 0 aliphatic heterocycles. The minimum atomic E-state index is 0.0430. The van der Waals surface area contributed by atoms with Gasteiger partial charge in [0.1, 0.15) is 0 Å². The van der Waals surface area contributed by atoms with Crippen molar-refractivity contribution in [2.45, 2.75) is 32.9 Å². The van der Waals surface area contributed by atoms with E-state index in [2.05, 4.69) is 31.2 Å². The van der Waals surface area contributed by atoms with Crippen LogP contribution in [-0.4, -0.2) is 15.3 Å². The molecule has 0 radical (unpaired) electrons. The summed E-state index contributed by atoms with van der Waals surface area (Å²) in [6.07, 6.45) is 3.41. The highest BCUT2D eigenvalue weighted by Gasteiger charge is 2.12. The Bertz CT molecular complexity index is 570. The van der Waals surface area contributed by atoms with Crippen molar-refractivity contribution in [3.8, 4) is 5.69 Å². The molecular formula is C14H17Cl2N3. The summed E-state index contributed by atoms with van der Waals surface area (Å²) in [5.74, 6) is 0. The number of hydrogen-bond donors (Lipinski definition) is 1. The lowest BCUT2D eigenvalue weighted by molar-refractivity contribution is 0.424. The average molecular weight is 298 g/mol. The van der Waals surface area contributed by atoms with Crippen LogP contribution in [0.1, 0.15) is 26.3 Å². The van der Waals surface area contributed by atoms with Gasteiger partial charge >= 0.3 is 0 Å². The molecule has 0 spiro atoms. The number of nitrogens with one attached hydrogen (secondary N) is 1. The summed E-state index contributed by atoms with van der Waals surface area (Å²) in [6, 6.07) is 5.75. The van der Waals surface area contributed by atoms with E-state index in [0.29, 0.717) is 10.0 Å². The van der Waals surface area contributed by atoms with Gasteiger partial charge in [-0.05, 0) is 44.5 Å². The van der Waals surface area contributed by atoms with Gasteiger partial charge in [0, 0.05) is 23.3 Å². The Morgan fingerprint density at radius 2 is 1.95 bits per heavy atom. The minimum Gasteiger partial charge on any atom is -0.308 e. The van der Waals surface area contributed by atoms with Gasteiger partial charge in [-0.15, -0.1) is 0 Å². The summed E-state index contributed by atoms with van der Waals surface area (Å²) in [6.45, 7) is 7.10. The van der Waals surface area contributed by atoms with E-state index in [1.54, 1.807) is 17.1 Å². The van der Waals surface area contributed by atoms with Crippen molar-refractivity contribution in [2.75, 3.05) is 0 Å². The lowest BCUT2D eigenvalue weighted by Gasteiger charge is -2.21. The molecule has 1 N–H and O–H groups in total. The standard InChI is InChI=1S/C14H17Cl2N3/c1-14(2,3)17-7-10-6-11(15)4-5-13(10)19-9-12(16)8-18-19/h4-6,8-9,17H,7H2,1-3H3. The van der Waals surface area contributed by atoms with Crippen molar-refractivity contribution >= 4 is 23.2 Å². The SMILES string of the molecule is CC(C)(C)NCc1cc(Cl)ccc1-n1cc(Cl)cn1. The molecule has 2 aromatic rings. The van der Waals surface area contributed by atoms with Crippen molar-refractivity contribution in [3.63, 3.8) is 0 Å². The molecule has 0 saturated carbocycles. The van der Waals surface area contributed by atoms with E-state index < -0.39 is 0 Å². The second kappa shape index (κ2) is 5.53. The quantitative estimate of drug-likeness (QED) is 0.925. The van der Waals surface area contributed by atoms with Crippen LogP contribution in [0.15, 0.2) is 30.6 Å². The van der Waals surface area contributed by atoms with Crippen molar-refractivity contribution in [1.82, 2.24) is 15.1 Å². The molecule has 5 heteroatoms. The monoisotopic (exact) mass is 297 g/mol. The van der Waals surface area contributed by atoms with Crippen molar-refractivity contribution in [3.05, 3.63) is 46.2 Å². The fourth-order valence-corrected chi connectivity index (χ4v) is 2.04. The number of rotatable bonds is 3. The predicted octanol–water partition coefficient (Wildman–Crippen LogP) is 4.07. The molecule has 1 aromatic heterocycles. The van der Waals surface area contributed by atoms with Gasteiger partial charge < -0.3 is 5.32 Å². The molecule has 0 aliphatic rings. The van der Waals surface area contributed by atoms with Crippen molar-refractivity contribution in [1.29, 1.82) is 0 Å². The number of benzene rings is 1. The summed E-state index contributed by atoms with van der Waals surface area (Å²) in [5, 5.41) is 9.02. The normalized spacial score (nSPS) is 11.8. The number of hydrogen-bond acceptors (Lipinski definition) is 2. The Morgan fingerprint density at radius 1 is 1.21 bits per heavy atom. The molecule has 0 unspecified atom stereocenters. The first-order valence-corrected chi connectivity index (χ1v) is 6.85. The van der Waals surface area contributed by atoms with E-state index in [0.717, 1.165) is 17.8 Å². The summed E-state index contributed by atoms with van der Waals surface area (Å²) >= 11 is 12.0. The minimum absolute atomic E-state index is 0.0430. The molecule has 1 aromatic carbocycles. The fraction of sp³-hybridized carbons (Fsp3) is 0.357. The molecule has 102 valence electrons. The smallest absolute Gasteiger partial charge is 0.0790 e. The zero-order chi connectivity index (χ0) is 14.0. The van der Waals surface area contributed by atoms with Crippen LogP contribution in [0, 0.1) is 0 Å². The third-order valence-corrected chi connectivity index (χ3v) is 3.08. The van der Waals surface area contributed by atoms with Gasteiger partial charge in [-0.1, -0.05) is 23.2 Å². The molecule has 2 rings (SSSR count). The first-order chi connectivity index (χ1) is 8.85. The van der Waals surface area contributed by atoms with E-state index in [1.807, 2.05) is 18.2 Å². The van der Waals surface area contributed by atoms with Gasteiger partial charge in [-0.2, -0.15) is 5.10 Å². The van der Waals surface area contributed by atoms with Crippen LogP contribution in [0.3, 0.4) is 0 Å². The van der Waals surface area contributed by atoms with Crippen LogP contribution >= 0.6 is 23.2 Å². The second-order valence-corrected chi connectivity index (χ2v) is 6.35. The Kier molecular flexibility index (Phi) is 4.19. The lowest BCUT2D eigenvalue weighted by atomic mass is 10.1. The summed E-state index contributed by atoms with van der Waals surface area (Å²) in [4.78, 5) is 0. The third kappa shape index (κ3) is 3.96. The van der Waals surface area contributed by atoms with Gasteiger partial charge in [-0.3, -0.25) is 0 Å². The Labute approximate surface area is 123 Å². The second-order valence-electron chi connectivity index (χ2n) is 5.48. The summed E-state index contributed by atoms with van der Waals surface area (Å²) in [5.41, 5.74) is 2.11. The summed E-state index contributed by atoms with van der Waals surface area (Å²) in [7, 11) is 0. The van der Waals surface area contributed by atoms with Gasteiger partial charge in [0.15, 0.2) is 0 Å². The van der Waals surface area contributed by atoms with E-state index in [1.165, 1.54) is 0 Å². The molecule has 0 amide bonds. The molecule has 1 heterocycles. The van der Waals surface area contributed by atoms with Crippen LogP contribution in [0.4, 0.5) is 0 Å². The first kappa shape index (κ1) is 14.4. The third-order valence-electron chi connectivity index (χ3n) is 2.65. The number of nitrogens with zero attached hydrogens (tertiary/aromatic N) is 2. The molecular weight excluding hydrogens is 281 g/mol. The van der Waals surface area contributed by atoms with Gasteiger partial charge in [-0.25, -0.2) is 4.68 Å². The molecule has 0 bridgehead atoms. The largest absolute Gasteiger partial charge is 0.308 e. The number of aromatic nitrogens is 2. The van der Waals surface area contributed by atoms with Gasteiger partial charge in [0.25, 0.3) is 0 Å². The van der Waals surface area contributed by atoms with Crippen LogP contribution in [0.5, 0.6) is 0 Å². The molecule has 0 aliphatic carbocycles. The summed E-state index contributed by atoms with van der Waals surface area (Å²) < 4.78 is 1.76. The fourth-order valence-electron chi connectivity index (χ4n) is 1.71. The topological polar surface area (TPSA) is 29.9 Å². The maximum absolute atomic E-state index is 6.08. The maximum atomic E-state index is 6.08. The zero-order valence-electron chi connectivity index (χ0n) is 11.2. The molecule has 0 saturated heterocycles. The van der Waals surface area contributed by atoms with Crippen LogP contribution in [0.25, 0.3) is 5.69 Å². The van der Waals surface area contributed by atoms with E-state index in [4.69, 9.17) is 23.2 Å². The molecule has 0 fully saturated rings. The van der Waals surface area contributed by atoms with Crippen molar-refractivity contribution in [2.24, 2.45) is 0 Å². The predicted molar refractivity (Wildman–Crippen MR) is 80.2 cm³/mol. The average Bonchev–Trinajstić information content (AvgIpc) is 2.72. The van der Waals surface area contributed by atoms with Crippen LogP contribution in [-0.2, 0) is 6.54 Å². The van der Waals surface area contributed by atoms with E-state index in [-0.39, 0.29) is 5.54 Å². The van der Waals surface area contributed by atoms with Crippen LogP contribution < -0.4 is 5.32 Å².